The number of phenols is 1. The molecule has 1 aromatic heterocycles. The Morgan fingerprint density at radius 1 is 0.784 bits per heavy atom. The first-order valence-corrected chi connectivity index (χ1v) is 13.7. The molecule has 3 aromatic carbocycles. The van der Waals surface area contributed by atoms with Gasteiger partial charge in [-0.05, 0) is 83.1 Å². The largest absolute Gasteiger partial charge is 0.507 e. The van der Waals surface area contributed by atoms with E-state index in [-0.39, 0.29) is 0 Å². The lowest BCUT2D eigenvalue weighted by atomic mass is 10.0. The molecule has 2 aliphatic rings. The molecule has 0 atom stereocenters. The molecule has 0 spiro atoms. The van der Waals surface area contributed by atoms with Crippen molar-refractivity contribution in [2.75, 3.05) is 31.5 Å². The fraction of sp³-hybridized carbons (Fsp3) is 0.344. The smallest absolute Gasteiger partial charge is 0.124 e. The van der Waals surface area contributed by atoms with Gasteiger partial charge in [0.2, 0.25) is 0 Å². The summed E-state index contributed by atoms with van der Waals surface area (Å²) in [7, 11) is 0. The van der Waals surface area contributed by atoms with Gasteiger partial charge in [0.15, 0.2) is 0 Å². The van der Waals surface area contributed by atoms with Gasteiger partial charge < -0.3 is 10.4 Å². The van der Waals surface area contributed by atoms with Gasteiger partial charge in [-0.3, -0.25) is 9.80 Å². The molecule has 5 nitrogen and oxygen atoms in total. The summed E-state index contributed by atoms with van der Waals surface area (Å²) in [6.07, 6.45) is 4.96. The fourth-order valence-electron chi connectivity index (χ4n) is 5.74. The number of aromatic hydroxyl groups is 1. The predicted molar refractivity (Wildman–Crippen MR) is 152 cm³/mol. The first-order valence-electron chi connectivity index (χ1n) is 13.7. The van der Waals surface area contributed by atoms with Crippen molar-refractivity contribution in [3.05, 3.63) is 83.4 Å². The van der Waals surface area contributed by atoms with Gasteiger partial charge in [0.05, 0.1) is 16.9 Å². The number of nitrogens with one attached hydrogen (secondary N) is 1. The summed E-state index contributed by atoms with van der Waals surface area (Å²) in [6, 6.07) is 23.3. The number of likely N-dealkylation sites (tertiary alicyclic amines) is 2. The monoisotopic (exact) mass is 492 g/mol. The van der Waals surface area contributed by atoms with Crippen molar-refractivity contribution >= 4 is 22.3 Å². The maximum Gasteiger partial charge on any atom is 0.124 e. The van der Waals surface area contributed by atoms with E-state index in [0.29, 0.717) is 5.75 Å². The third-order valence-corrected chi connectivity index (χ3v) is 7.80. The van der Waals surface area contributed by atoms with Crippen molar-refractivity contribution in [1.82, 2.24) is 14.8 Å². The number of hydrogen-bond donors (Lipinski definition) is 2. The van der Waals surface area contributed by atoms with Gasteiger partial charge in [-0.1, -0.05) is 48.0 Å². The summed E-state index contributed by atoms with van der Waals surface area (Å²) in [6.45, 7) is 8.11. The third-order valence-electron chi connectivity index (χ3n) is 7.80. The Morgan fingerprint density at radius 2 is 1.38 bits per heavy atom. The van der Waals surface area contributed by atoms with Gasteiger partial charge in [0.25, 0.3) is 0 Å². The van der Waals surface area contributed by atoms with Crippen molar-refractivity contribution in [2.45, 2.75) is 45.7 Å². The lowest BCUT2D eigenvalue weighted by molar-refractivity contribution is 0.312. The molecule has 5 heteroatoms. The number of benzene rings is 3. The third kappa shape index (κ3) is 5.34. The molecule has 2 N–H and O–H groups in total. The lowest BCUT2D eigenvalue weighted by Crippen LogP contribution is -2.20. The van der Waals surface area contributed by atoms with Crippen LogP contribution in [0, 0.1) is 6.92 Å². The van der Waals surface area contributed by atoms with Crippen LogP contribution in [0.15, 0.2) is 66.7 Å². The van der Waals surface area contributed by atoms with E-state index in [4.69, 9.17) is 4.98 Å². The molecular formula is C32H36N4O. The lowest BCUT2D eigenvalue weighted by Gasteiger charge is -2.22. The maximum atomic E-state index is 11.3. The normalized spacial score (nSPS) is 16.6. The van der Waals surface area contributed by atoms with E-state index in [1.165, 1.54) is 31.2 Å². The van der Waals surface area contributed by atoms with E-state index in [0.717, 1.165) is 83.9 Å². The first kappa shape index (κ1) is 24.0. The second kappa shape index (κ2) is 10.5. The van der Waals surface area contributed by atoms with Crippen LogP contribution in [0.2, 0.25) is 0 Å². The number of nitrogens with zero attached hydrogens (tertiary/aromatic N) is 3. The van der Waals surface area contributed by atoms with Gasteiger partial charge in [-0.25, -0.2) is 4.98 Å². The molecule has 0 unspecified atom stereocenters. The number of aromatic nitrogens is 1. The van der Waals surface area contributed by atoms with E-state index in [1.807, 2.05) is 6.07 Å². The first-order chi connectivity index (χ1) is 18.1. The number of phenolic OH excluding ortho intramolecular Hbond substituents is 1. The molecule has 2 saturated heterocycles. The maximum absolute atomic E-state index is 11.3. The molecule has 0 bridgehead atoms. The van der Waals surface area contributed by atoms with Crippen LogP contribution in [0.5, 0.6) is 5.75 Å². The topological polar surface area (TPSA) is 51.6 Å². The van der Waals surface area contributed by atoms with E-state index in [9.17, 15) is 5.11 Å². The van der Waals surface area contributed by atoms with Crippen molar-refractivity contribution in [3.8, 4) is 17.0 Å². The SMILES string of the molecule is Cc1ccc(-c2cc(Nc3cc(CN4CCCC4)c(O)c(CN4CCCC4)c3)c3ccccc3n2)cc1. The van der Waals surface area contributed by atoms with Gasteiger partial charge in [-0.2, -0.15) is 0 Å². The highest BCUT2D eigenvalue weighted by molar-refractivity contribution is 5.95. The fourth-order valence-corrected chi connectivity index (χ4v) is 5.74. The minimum Gasteiger partial charge on any atom is -0.507 e. The Morgan fingerprint density at radius 3 is 2.00 bits per heavy atom. The van der Waals surface area contributed by atoms with E-state index in [1.54, 1.807) is 0 Å². The van der Waals surface area contributed by atoms with Crippen LogP contribution >= 0.6 is 0 Å². The zero-order valence-corrected chi connectivity index (χ0v) is 21.7. The number of hydrogen-bond acceptors (Lipinski definition) is 5. The summed E-state index contributed by atoms with van der Waals surface area (Å²) in [5.74, 6) is 0.462. The standard InChI is InChI=1S/C32H36N4O/c1-23-10-12-24(13-11-23)30-20-31(28-8-2-3-9-29(28)34-30)33-27-18-25(21-35-14-4-5-15-35)32(37)26(19-27)22-36-16-6-7-17-36/h2-3,8-13,18-20,37H,4-7,14-17,21-22H2,1H3,(H,33,34). The van der Waals surface area contributed by atoms with Crippen LogP contribution in [0.25, 0.3) is 22.2 Å². The summed E-state index contributed by atoms with van der Waals surface area (Å²) in [5, 5.41) is 16.1. The second-order valence-electron chi connectivity index (χ2n) is 10.7. The second-order valence-corrected chi connectivity index (χ2v) is 10.7. The summed E-state index contributed by atoms with van der Waals surface area (Å²) < 4.78 is 0. The highest BCUT2D eigenvalue weighted by Crippen LogP contribution is 2.35. The van der Waals surface area contributed by atoms with Crippen LogP contribution < -0.4 is 5.32 Å². The number of pyridine rings is 1. The van der Waals surface area contributed by atoms with Crippen molar-refractivity contribution in [2.24, 2.45) is 0 Å². The Labute approximate surface area is 219 Å². The van der Waals surface area contributed by atoms with Gasteiger partial charge in [0.1, 0.15) is 5.75 Å². The molecular weight excluding hydrogens is 456 g/mol. The molecule has 4 aromatic rings. The summed E-state index contributed by atoms with van der Waals surface area (Å²) >= 11 is 0. The molecule has 2 fully saturated rings. The molecule has 0 amide bonds. The number of para-hydroxylation sites is 1. The molecule has 0 radical (unpaired) electrons. The molecule has 0 saturated carbocycles. The zero-order valence-electron chi connectivity index (χ0n) is 21.7. The van der Waals surface area contributed by atoms with Crippen molar-refractivity contribution in [1.29, 1.82) is 0 Å². The molecule has 0 aliphatic carbocycles. The molecule has 190 valence electrons. The average molecular weight is 493 g/mol. The van der Waals surface area contributed by atoms with Crippen molar-refractivity contribution < 1.29 is 5.11 Å². The highest BCUT2D eigenvalue weighted by atomic mass is 16.3. The average Bonchev–Trinajstić information content (AvgIpc) is 3.62. The molecule has 3 heterocycles. The number of anilines is 2. The van der Waals surface area contributed by atoms with Gasteiger partial charge >= 0.3 is 0 Å². The van der Waals surface area contributed by atoms with Gasteiger partial charge in [-0.15, -0.1) is 0 Å². The zero-order chi connectivity index (χ0) is 25.2. The Kier molecular flexibility index (Phi) is 6.81. The van der Waals surface area contributed by atoms with E-state index in [2.05, 4.69) is 82.7 Å². The van der Waals surface area contributed by atoms with E-state index >= 15 is 0 Å². The minimum atomic E-state index is 0.462. The predicted octanol–water partition coefficient (Wildman–Crippen LogP) is 6.85. The molecule has 37 heavy (non-hydrogen) atoms. The quantitative estimate of drug-likeness (QED) is 0.276. The molecule has 6 rings (SSSR count). The van der Waals surface area contributed by atoms with Gasteiger partial charge in [0, 0.05) is 40.9 Å². The van der Waals surface area contributed by atoms with Crippen LogP contribution in [0.3, 0.4) is 0 Å². The Balaban J connectivity index is 1.39. The van der Waals surface area contributed by atoms with Crippen molar-refractivity contribution in [3.63, 3.8) is 0 Å². The Bertz CT molecular complexity index is 1350. The summed E-state index contributed by atoms with van der Waals surface area (Å²) in [5.41, 5.74) is 8.35. The number of aryl methyl sites for hydroxylation is 1. The van der Waals surface area contributed by atoms with Crippen LogP contribution in [0.1, 0.15) is 42.4 Å². The molecule has 2 aliphatic heterocycles. The Hall–Kier alpha value is -3.41. The van der Waals surface area contributed by atoms with E-state index < -0.39 is 0 Å². The summed E-state index contributed by atoms with van der Waals surface area (Å²) in [4.78, 5) is 9.88. The van der Waals surface area contributed by atoms with Crippen LogP contribution in [-0.2, 0) is 13.1 Å². The number of rotatable bonds is 7. The van der Waals surface area contributed by atoms with Crippen LogP contribution in [0.4, 0.5) is 11.4 Å². The highest BCUT2D eigenvalue weighted by Gasteiger charge is 2.20. The van der Waals surface area contributed by atoms with Crippen LogP contribution in [-0.4, -0.2) is 46.1 Å². The minimum absolute atomic E-state index is 0.462. The number of fused-ring (bicyclic) bond motifs is 1.